The SMILES string of the molecule is CCCOc1ccc(NC2CCCS(=O)(=O)C2)cc1. The van der Waals surface area contributed by atoms with Gasteiger partial charge in [0.25, 0.3) is 0 Å². The fourth-order valence-corrected chi connectivity index (χ4v) is 3.88. The van der Waals surface area contributed by atoms with E-state index in [0.717, 1.165) is 30.7 Å². The highest BCUT2D eigenvalue weighted by Gasteiger charge is 2.24. The molecule has 106 valence electrons. The Balaban J connectivity index is 1.92. The van der Waals surface area contributed by atoms with Crippen LogP contribution >= 0.6 is 0 Å². The predicted molar refractivity (Wildman–Crippen MR) is 77.5 cm³/mol. The van der Waals surface area contributed by atoms with Gasteiger partial charge in [-0.05, 0) is 43.5 Å². The number of nitrogens with one attached hydrogen (secondary N) is 1. The van der Waals surface area contributed by atoms with Gasteiger partial charge in [-0.3, -0.25) is 0 Å². The van der Waals surface area contributed by atoms with Crippen molar-refractivity contribution in [1.29, 1.82) is 0 Å². The molecule has 4 nitrogen and oxygen atoms in total. The Hall–Kier alpha value is -1.23. The first-order valence-electron chi connectivity index (χ1n) is 6.79. The third-order valence-corrected chi connectivity index (χ3v) is 4.98. The Morgan fingerprint density at radius 2 is 2.05 bits per heavy atom. The first kappa shape index (κ1) is 14.2. The van der Waals surface area contributed by atoms with Crippen LogP contribution in [0, 0.1) is 0 Å². The van der Waals surface area contributed by atoms with E-state index < -0.39 is 9.84 Å². The molecule has 5 heteroatoms. The highest BCUT2D eigenvalue weighted by atomic mass is 32.2. The third-order valence-electron chi connectivity index (χ3n) is 3.16. The summed E-state index contributed by atoms with van der Waals surface area (Å²) in [6.07, 6.45) is 2.64. The molecule has 1 unspecified atom stereocenters. The van der Waals surface area contributed by atoms with Gasteiger partial charge < -0.3 is 10.1 Å². The van der Waals surface area contributed by atoms with Crippen molar-refractivity contribution in [2.75, 3.05) is 23.4 Å². The van der Waals surface area contributed by atoms with Crippen LogP contribution in [0.1, 0.15) is 26.2 Å². The Labute approximate surface area is 115 Å². The van der Waals surface area contributed by atoms with Crippen LogP contribution in [-0.4, -0.2) is 32.6 Å². The summed E-state index contributed by atoms with van der Waals surface area (Å²) in [5, 5.41) is 3.29. The molecule has 19 heavy (non-hydrogen) atoms. The second-order valence-corrected chi connectivity index (χ2v) is 7.20. The van der Waals surface area contributed by atoms with E-state index in [1.165, 1.54) is 0 Å². The molecule has 0 amide bonds. The van der Waals surface area contributed by atoms with Crippen LogP contribution in [0.5, 0.6) is 5.75 Å². The molecule has 0 spiro atoms. The second-order valence-electron chi connectivity index (χ2n) is 4.97. The topological polar surface area (TPSA) is 55.4 Å². The van der Waals surface area contributed by atoms with Crippen LogP contribution in [-0.2, 0) is 9.84 Å². The first-order chi connectivity index (χ1) is 9.09. The number of sulfone groups is 1. The van der Waals surface area contributed by atoms with Gasteiger partial charge in [-0.2, -0.15) is 0 Å². The largest absolute Gasteiger partial charge is 0.494 e. The monoisotopic (exact) mass is 283 g/mol. The van der Waals surface area contributed by atoms with Gasteiger partial charge in [0, 0.05) is 11.7 Å². The summed E-state index contributed by atoms with van der Waals surface area (Å²) >= 11 is 0. The summed E-state index contributed by atoms with van der Waals surface area (Å²) in [6.45, 7) is 2.78. The number of ether oxygens (including phenoxy) is 1. The van der Waals surface area contributed by atoms with Gasteiger partial charge in [0.15, 0.2) is 9.84 Å². The van der Waals surface area contributed by atoms with Crippen LogP contribution in [0.2, 0.25) is 0 Å². The summed E-state index contributed by atoms with van der Waals surface area (Å²) in [5.41, 5.74) is 0.950. The Morgan fingerprint density at radius 1 is 1.32 bits per heavy atom. The predicted octanol–water partition coefficient (Wildman–Crippen LogP) is 2.46. The second kappa shape index (κ2) is 6.28. The van der Waals surface area contributed by atoms with Gasteiger partial charge >= 0.3 is 0 Å². The maximum atomic E-state index is 11.6. The quantitative estimate of drug-likeness (QED) is 0.902. The standard InChI is InChI=1S/C14H21NO3S/c1-2-9-18-14-7-5-12(6-8-14)15-13-4-3-10-19(16,17)11-13/h5-8,13,15H,2-4,9-11H2,1H3. The minimum atomic E-state index is -2.86. The average Bonchev–Trinajstić information content (AvgIpc) is 2.37. The molecule has 0 aromatic heterocycles. The molecule has 1 aromatic rings. The molecule has 1 aliphatic heterocycles. The van der Waals surface area contributed by atoms with Gasteiger partial charge in [0.1, 0.15) is 5.75 Å². The molecule has 0 radical (unpaired) electrons. The zero-order valence-corrected chi connectivity index (χ0v) is 12.1. The lowest BCUT2D eigenvalue weighted by atomic mass is 10.1. The molecule has 0 aliphatic carbocycles. The van der Waals surface area contributed by atoms with Crippen molar-refractivity contribution in [2.45, 2.75) is 32.2 Å². The lowest BCUT2D eigenvalue weighted by molar-refractivity contribution is 0.317. The average molecular weight is 283 g/mol. The zero-order valence-electron chi connectivity index (χ0n) is 11.3. The lowest BCUT2D eigenvalue weighted by Gasteiger charge is -2.24. The van der Waals surface area contributed by atoms with Crippen LogP contribution in [0.25, 0.3) is 0 Å². The van der Waals surface area contributed by atoms with Gasteiger partial charge in [-0.25, -0.2) is 8.42 Å². The molecule has 1 heterocycles. The first-order valence-corrected chi connectivity index (χ1v) is 8.61. The summed E-state index contributed by atoms with van der Waals surface area (Å²) in [4.78, 5) is 0. The highest BCUT2D eigenvalue weighted by Crippen LogP contribution is 2.20. The lowest BCUT2D eigenvalue weighted by Crippen LogP contribution is -2.34. The van der Waals surface area contributed by atoms with Crippen molar-refractivity contribution in [2.24, 2.45) is 0 Å². The summed E-state index contributed by atoms with van der Waals surface area (Å²) in [5.74, 6) is 1.42. The molecule has 0 saturated carbocycles. The van der Waals surface area contributed by atoms with E-state index in [1.807, 2.05) is 24.3 Å². The third kappa shape index (κ3) is 4.42. The molecular formula is C14H21NO3S. The molecule has 0 bridgehead atoms. The smallest absolute Gasteiger partial charge is 0.152 e. The molecule has 1 aliphatic rings. The molecule has 1 fully saturated rings. The van der Waals surface area contributed by atoms with E-state index in [9.17, 15) is 8.42 Å². The van der Waals surface area contributed by atoms with Crippen molar-refractivity contribution >= 4 is 15.5 Å². The Kier molecular flexibility index (Phi) is 4.69. The van der Waals surface area contributed by atoms with E-state index in [1.54, 1.807) is 0 Å². The van der Waals surface area contributed by atoms with Crippen LogP contribution in [0.15, 0.2) is 24.3 Å². The van der Waals surface area contributed by atoms with Crippen LogP contribution in [0.4, 0.5) is 5.69 Å². The van der Waals surface area contributed by atoms with Gasteiger partial charge in [0.2, 0.25) is 0 Å². The molecule has 1 atom stereocenters. The Bertz CT molecular complexity index is 496. The fraction of sp³-hybridized carbons (Fsp3) is 0.571. The van der Waals surface area contributed by atoms with Crippen LogP contribution in [0.3, 0.4) is 0 Å². The van der Waals surface area contributed by atoms with Gasteiger partial charge in [0.05, 0.1) is 18.1 Å². The van der Waals surface area contributed by atoms with Crippen LogP contribution < -0.4 is 10.1 Å². The fourth-order valence-electron chi connectivity index (χ4n) is 2.24. The van der Waals surface area contributed by atoms with Crippen molar-refractivity contribution < 1.29 is 13.2 Å². The minimum absolute atomic E-state index is 0.0289. The van der Waals surface area contributed by atoms with E-state index in [2.05, 4.69) is 12.2 Å². The molecular weight excluding hydrogens is 262 g/mol. The maximum absolute atomic E-state index is 11.6. The number of benzene rings is 1. The van der Waals surface area contributed by atoms with Crippen molar-refractivity contribution in [3.63, 3.8) is 0 Å². The summed E-state index contributed by atoms with van der Waals surface area (Å²) in [7, 11) is -2.86. The summed E-state index contributed by atoms with van der Waals surface area (Å²) < 4.78 is 28.6. The van der Waals surface area contributed by atoms with E-state index in [0.29, 0.717) is 12.4 Å². The molecule has 1 aromatic carbocycles. The van der Waals surface area contributed by atoms with Crippen molar-refractivity contribution in [1.82, 2.24) is 0 Å². The maximum Gasteiger partial charge on any atom is 0.152 e. The summed E-state index contributed by atoms with van der Waals surface area (Å²) in [6, 6.07) is 7.73. The number of hydrogen-bond donors (Lipinski definition) is 1. The van der Waals surface area contributed by atoms with E-state index >= 15 is 0 Å². The van der Waals surface area contributed by atoms with Gasteiger partial charge in [-0.15, -0.1) is 0 Å². The highest BCUT2D eigenvalue weighted by molar-refractivity contribution is 7.91. The van der Waals surface area contributed by atoms with Crippen molar-refractivity contribution in [3.8, 4) is 5.75 Å². The number of hydrogen-bond acceptors (Lipinski definition) is 4. The number of rotatable bonds is 5. The van der Waals surface area contributed by atoms with E-state index in [4.69, 9.17) is 4.74 Å². The molecule has 1 saturated heterocycles. The minimum Gasteiger partial charge on any atom is -0.494 e. The van der Waals surface area contributed by atoms with Gasteiger partial charge in [-0.1, -0.05) is 6.92 Å². The molecule has 1 N–H and O–H groups in total. The number of anilines is 1. The van der Waals surface area contributed by atoms with E-state index in [-0.39, 0.29) is 11.8 Å². The molecule has 2 rings (SSSR count). The zero-order chi connectivity index (χ0) is 13.7. The normalized spacial score (nSPS) is 21.8. The van der Waals surface area contributed by atoms with Crippen molar-refractivity contribution in [3.05, 3.63) is 24.3 Å². The Morgan fingerprint density at radius 3 is 2.68 bits per heavy atom.